The molecule has 0 saturated heterocycles. The Labute approximate surface area is 124 Å². The normalized spacial score (nSPS) is 12.2. The SMILES string of the molecule is O=C(O)C(O)c1cc(-c2cc(Cl)cc(Cl)c2)ccc1F. The maximum absolute atomic E-state index is 13.6. The number of aliphatic hydroxyl groups excluding tert-OH is 1. The monoisotopic (exact) mass is 314 g/mol. The molecule has 2 aromatic rings. The van der Waals surface area contributed by atoms with E-state index in [9.17, 15) is 14.3 Å². The summed E-state index contributed by atoms with van der Waals surface area (Å²) < 4.78 is 13.6. The Morgan fingerprint density at radius 2 is 1.65 bits per heavy atom. The number of hydrogen-bond acceptors (Lipinski definition) is 2. The lowest BCUT2D eigenvalue weighted by Crippen LogP contribution is -2.12. The molecule has 2 rings (SSSR count). The summed E-state index contributed by atoms with van der Waals surface area (Å²) in [4.78, 5) is 10.7. The van der Waals surface area contributed by atoms with Crippen LogP contribution >= 0.6 is 23.2 Å². The Kier molecular flexibility index (Phi) is 4.28. The Morgan fingerprint density at radius 3 is 2.20 bits per heavy atom. The van der Waals surface area contributed by atoms with Crippen molar-refractivity contribution in [2.24, 2.45) is 0 Å². The van der Waals surface area contributed by atoms with Crippen LogP contribution in [0.25, 0.3) is 11.1 Å². The maximum Gasteiger partial charge on any atom is 0.337 e. The van der Waals surface area contributed by atoms with E-state index in [1.807, 2.05) is 0 Å². The number of carboxylic acid groups (broad SMARTS) is 1. The van der Waals surface area contributed by atoms with E-state index >= 15 is 0 Å². The van der Waals surface area contributed by atoms with Gasteiger partial charge in [-0.1, -0.05) is 29.3 Å². The predicted octanol–water partition coefficient (Wildman–Crippen LogP) is 3.92. The number of rotatable bonds is 3. The number of aliphatic carboxylic acids is 1. The van der Waals surface area contributed by atoms with Crippen molar-refractivity contribution < 1.29 is 19.4 Å². The Balaban J connectivity index is 2.53. The molecule has 0 heterocycles. The van der Waals surface area contributed by atoms with E-state index in [0.29, 0.717) is 21.2 Å². The molecule has 3 nitrogen and oxygen atoms in total. The van der Waals surface area contributed by atoms with E-state index in [1.165, 1.54) is 12.1 Å². The molecule has 0 fully saturated rings. The van der Waals surface area contributed by atoms with Gasteiger partial charge in [0.05, 0.1) is 0 Å². The van der Waals surface area contributed by atoms with Crippen LogP contribution in [0.3, 0.4) is 0 Å². The largest absolute Gasteiger partial charge is 0.479 e. The molecular formula is C14H9Cl2FO3. The molecule has 0 saturated carbocycles. The average molecular weight is 315 g/mol. The third kappa shape index (κ3) is 3.10. The second kappa shape index (κ2) is 5.79. The van der Waals surface area contributed by atoms with Gasteiger partial charge in [0.25, 0.3) is 0 Å². The Hall–Kier alpha value is -1.62. The third-order valence-corrected chi connectivity index (χ3v) is 3.16. The summed E-state index contributed by atoms with van der Waals surface area (Å²) in [6.07, 6.45) is -1.93. The van der Waals surface area contributed by atoms with E-state index in [1.54, 1.807) is 18.2 Å². The van der Waals surface area contributed by atoms with Crippen LogP contribution in [0.1, 0.15) is 11.7 Å². The van der Waals surface area contributed by atoms with Crippen molar-refractivity contribution in [1.82, 2.24) is 0 Å². The smallest absolute Gasteiger partial charge is 0.337 e. The van der Waals surface area contributed by atoms with Crippen molar-refractivity contribution >= 4 is 29.2 Å². The topological polar surface area (TPSA) is 57.5 Å². The van der Waals surface area contributed by atoms with Gasteiger partial charge in [-0.25, -0.2) is 9.18 Å². The number of halogens is 3. The molecule has 20 heavy (non-hydrogen) atoms. The predicted molar refractivity (Wildman–Crippen MR) is 74.5 cm³/mol. The van der Waals surface area contributed by atoms with Gasteiger partial charge >= 0.3 is 5.97 Å². The van der Waals surface area contributed by atoms with Gasteiger partial charge in [-0.15, -0.1) is 0 Å². The van der Waals surface area contributed by atoms with Gasteiger partial charge in [0.2, 0.25) is 0 Å². The second-order valence-corrected chi connectivity index (χ2v) is 5.01. The first kappa shape index (κ1) is 14.8. The summed E-state index contributed by atoms with van der Waals surface area (Å²) in [5.41, 5.74) is 0.790. The van der Waals surface area contributed by atoms with Gasteiger partial charge < -0.3 is 10.2 Å². The van der Waals surface area contributed by atoms with Crippen molar-refractivity contribution in [3.63, 3.8) is 0 Å². The fourth-order valence-electron chi connectivity index (χ4n) is 1.79. The number of carboxylic acids is 1. The molecule has 0 aliphatic rings. The zero-order chi connectivity index (χ0) is 14.9. The van der Waals surface area contributed by atoms with Crippen molar-refractivity contribution in [3.05, 3.63) is 57.8 Å². The van der Waals surface area contributed by atoms with Crippen molar-refractivity contribution in [1.29, 1.82) is 0 Å². The van der Waals surface area contributed by atoms with E-state index in [0.717, 1.165) is 6.07 Å². The summed E-state index contributed by atoms with van der Waals surface area (Å²) in [5, 5.41) is 19.0. The lowest BCUT2D eigenvalue weighted by molar-refractivity contribution is -0.147. The molecule has 0 aromatic heterocycles. The van der Waals surface area contributed by atoms with Crippen LogP contribution in [0.5, 0.6) is 0 Å². The van der Waals surface area contributed by atoms with E-state index in [4.69, 9.17) is 28.3 Å². The van der Waals surface area contributed by atoms with Crippen LogP contribution in [0, 0.1) is 5.82 Å². The molecule has 0 bridgehead atoms. The number of aliphatic hydroxyl groups is 1. The molecule has 0 aliphatic carbocycles. The highest BCUT2D eigenvalue weighted by molar-refractivity contribution is 6.35. The van der Waals surface area contributed by atoms with Gasteiger partial charge in [-0.05, 0) is 41.5 Å². The molecule has 1 unspecified atom stereocenters. The minimum Gasteiger partial charge on any atom is -0.479 e. The minimum absolute atomic E-state index is 0.314. The van der Waals surface area contributed by atoms with Crippen LogP contribution in [0.2, 0.25) is 10.0 Å². The summed E-state index contributed by atoms with van der Waals surface area (Å²) in [6.45, 7) is 0. The standard InChI is InChI=1S/C14H9Cl2FO3/c15-9-3-8(4-10(16)6-9)7-1-2-12(17)11(5-7)13(18)14(19)20/h1-6,13,18H,(H,19,20). The quantitative estimate of drug-likeness (QED) is 0.902. The first-order chi connectivity index (χ1) is 9.38. The molecule has 1 atom stereocenters. The molecule has 0 radical (unpaired) electrons. The summed E-state index contributed by atoms with van der Waals surface area (Å²) in [6, 6.07) is 8.56. The molecule has 6 heteroatoms. The Morgan fingerprint density at radius 1 is 1.05 bits per heavy atom. The van der Waals surface area contributed by atoms with Crippen molar-refractivity contribution in [3.8, 4) is 11.1 Å². The number of carbonyl (C=O) groups is 1. The first-order valence-corrected chi connectivity index (χ1v) is 6.31. The van der Waals surface area contributed by atoms with Crippen LogP contribution in [-0.2, 0) is 4.79 Å². The Bertz CT molecular complexity index is 653. The zero-order valence-corrected chi connectivity index (χ0v) is 11.5. The van der Waals surface area contributed by atoms with E-state index in [2.05, 4.69) is 0 Å². The van der Waals surface area contributed by atoms with Gasteiger partial charge in [0, 0.05) is 15.6 Å². The van der Waals surface area contributed by atoms with Crippen LogP contribution in [0.4, 0.5) is 4.39 Å². The number of hydrogen-bond donors (Lipinski definition) is 2. The molecule has 0 amide bonds. The maximum atomic E-state index is 13.6. The highest BCUT2D eigenvalue weighted by Crippen LogP contribution is 2.30. The molecule has 2 N–H and O–H groups in total. The van der Waals surface area contributed by atoms with Gasteiger partial charge in [-0.3, -0.25) is 0 Å². The molecule has 104 valence electrons. The van der Waals surface area contributed by atoms with Crippen molar-refractivity contribution in [2.45, 2.75) is 6.10 Å². The van der Waals surface area contributed by atoms with Crippen LogP contribution in [0.15, 0.2) is 36.4 Å². The fraction of sp³-hybridized carbons (Fsp3) is 0.0714. The van der Waals surface area contributed by atoms with Gasteiger partial charge in [0.15, 0.2) is 6.10 Å². The lowest BCUT2D eigenvalue weighted by atomic mass is 10.00. The van der Waals surface area contributed by atoms with Crippen molar-refractivity contribution in [2.75, 3.05) is 0 Å². The fourth-order valence-corrected chi connectivity index (χ4v) is 2.31. The summed E-state index contributed by atoms with van der Waals surface area (Å²) in [7, 11) is 0. The summed E-state index contributed by atoms with van der Waals surface area (Å²) >= 11 is 11.8. The molecule has 0 spiro atoms. The van der Waals surface area contributed by atoms with Gasteiger partial charge in [0.1, 0.15) is 5.82 Å². The zero-order valence-electron chi connectivity index (χ0n) is 9.98. The molecule has 2 aromatic carbocycles. The van der Waals surface area contributed by atoms with Crippen LogP contribution < -0.4 is 0 Å². The number of benzene rings is 2. The minimum atomic E-state index is -1.93. The second-order valence-electron chi connectivity index (χ2n) is 4.14. The molecule has 0 aliphatic heterocycles. The first-order valence-electron chi connectivity index (χ1n) is 5.55. The average Bonchev–Trinajstić information content (AvgIpc) is 2.37. The van der Waals surface area contributed by atoms with E-state index in [-0.39, 0.29) is 5.56 Å². The van der Waals surface area contributed by atoms with Gasteiger partial charge in [-0.2, -0.15) is 0 Å². The molecular weight excluding hydrogens is 306 g/mol. The summed E-state index contributed by atoms with van der Waals surface area (Å²) in [5.74, 6) is -2.32. The highest BCUT2D eigenvalue weighted by atomic mass is 35.5. The van der Waals surface area contributed by atoms with E-state index < -0.39 is 17.9 Å². The lowest BCUT2D eigenvalue weighted by Gasteiger charge is -2.10. The highest BCUT2D eigenvalue weighted by Gasteiger charge is 2.20. The van der Waals surface area contributed by atoms with Crippen LogP contribution in [-0.4, -0.2) is 16.2 Å². The third-order valence-electron chi connectivity index (χ3n) is 2.72.